The van der Waals surface area contributed by atoms with Crippen molar-refractivity contribution in [1.82, 2.24) is 4.98 Å². The number of aromatic nitrogens is 1. The van der Waals surface area contributed by atoms with E-state index >= 15 is 0 Å². The van der Waals surface area contributed by atoms with Crippen LogP contribution >= 0.6 is 0 Å². The van der Waals surface area contributed by atoms with E-state index in [-0.39, 0.29) is 16.4 Å². The first kappa shape index (κ1) is 16.0. The molecule has 1 heterocycles. The minimum atomic E-state index is -3.84. The molecule has 0 amide bonds. The number of hydrogen-bond acceptors (Lipinski definition) is 4. The fourth-order valence-corrected chi connectivity index (χ4v) is 3.85. The molecule has 0 atom stereocenters. The summed E-state index contributed by atoms with van der Waals surface area (Å²) in [5, 5.41) is 8.90. The van der Waals surface area contributed by atoms with Gasteiger partial charge in [0.2, 0.25) is 0 Å². The molecule has 0 unspecified atom stereocenters. The molecule has 0 saturated heterocycles. The summed E-state index contributed by atoms with van der Waals surface area (Å²) >= 11 is 0. The minimum absolute atomic E-state index is 0.0284. The van der Waals surface area contributed by atoms with E-state index in [0.717, 1.165) is 5.56 Å². The van der Waals surface area contributed by atoms with E-state index in [1.54, 1.807) is 26.0 Å². The number of carbonyl (C=O) groups is 1. The molecule has 2 N–H and O–H groups in total. The molecule has 0 aliphatic heterocycles. The molecule has 2 rings (SSSR count). The number of anilines is 1. The van der Waals surface area contributed by atoms with Crippen LogP contribution in [0.3, 0.4) is 0 Å². The van der Waals surface area contributed by atoms with Crippen molar-refractivity contribution in [3.63, 3.8) is 0 Å². The van der Waals surface area contributed by atoms with Crippen LogP contribution in [0, 0.1) is 20.8 Å². The van der Waals surface area contributed by atoms with Crippen molar-refractivity contribution < 1.29 is 18.3 Å². The van der Waals surface area contributed by atoms with Gasteiger partial charge < -0.3 is 5.11 Å². The lowest BCUT2D eigenvalue weighted by Crippen LogP contribution is -2.17. The monoisotopic (exact) mass is 320 g/mol. The number of sulfonamides is 1. The number of aryl methyl sites for hydroxylation is 3. The molecule has 0 aliphatic carbocycles. The van der Waals surface area contributed by atoms with Gasteiger partial charge in [0.15, 0.2) is 5.69 Å². The number of aromatic carboxylic acids is 1. The van der Waals surface area contributed by atoms with Crippen molar-refractivity contribution >= 4 is 21.8 Å². The highest BCUT2D eigenvalue weighted by atomic mass is 32.2. The summed E-state index contributed by atoms with van der Waals surface area (Å²) < 4.78 is 27.4. The highest BCUT2D eigenvalue weighted by molar-refractivity contribution is 7.92. The summed E-state index contributed by atoms with van der Waals surface area (Å²) in [7, 11) is -3.84. The highest BCUT2D eigenvalue weighted by Crippen LogP contribution is 2.23. The molecule has 1 aromatic heterocycles. The van der Waals surface area contributed by atoms with E-state index < -0.39 is 16.0 Å². The number of pyridine rings is 1. The van der Waals surface area contributed by atoms with E-state index in [1.807, 2.05) is 6.92 Å². The number of benzene rings is 1. The summed E-state index contributed by atoms with van der Waals surface area (Å²) in [5.74, 6) is -1.25. The van der Waals surface area contributed by atoms with Crippen LogP contribution in [0.15, 0.2) is 35.2 Å². The number of nitrogens with zero attached hydrogens (tertiary/aromatic N) is 1. The zero-order valence-electron chi connectivity index (χ0n) is 12.4. The van der Waals surface area contributed by atoms with Crippen molar-refractivity contribution in [2.75, 3.05) is 4.72 Å². The van der Waals surface area contributed by atoms with Gasteiger partial charge in [0.05, 0.1) is 4.90 Å². The van der Waals surface area contributed by atoms with Crippen molar-refractivity contribution in [3.8, 4) is 0 Å². The largest absolute Gasteiger partial charge is 0.477 e. The number of hydrogen-bond donors (Lipinski definition) is 2. The molecule has 0 bridgehead atoms. The normalized spacial score (nSPS) is 11.2. The molecule has 0 fully saturated rings. The Balaban J connectivity index is 2.45. The van der Waals surface area contributed by atoms with Gasteiger partial charge in [-0.05, 0) is 44.0 Å². The molecular formula is C15H16N2O4S. The second-order valence-corrected chi connectivity index (χ2v) is 6.67. The maximum Gasteiger partial charge on any atom is 0.354 e. The number of rotatable bonds is 4. The molecule has 0 aliphatic rings. The predicted octanol–water partition coefficient (Wildman–Crippen LogP) is 2.51. The summed E-state index contributed by atoms with van der Waals surface area (Å²) in [5.41, 5.74) is 2.00. The third-order valence-corrected chi connectivity index (χ3v) is 4.74. The Bertz CT molecular complexity index is 821. The Morgan fingerprint density at radius 2 is 1.73 bits per heavy atom. The molecule has 0 spiro atoms. The summed E-state index contributed by atoms with van der Waals surface area (Å²) in [6.07, 6.45) is 0. The van der Waals surface area contributed by atoms with Gasteiger partial charge in [0.1, 0.15) is 5.82 Å². The Labute approximate surface area is 128 Å². The molecule has 0 saturated carbocycles. The topological polar surface area (TPSA) is 96.4 Å². The number of carboxylic acids is 1. The Kier molecular flexibility index (Phi) is 4.18. The number of carboxylic acid groups (broad SMARTS) is 1. The number of nitrogens with one attached hydrogen (secondary N) is 1. The van der Waals surface area contributed by atoms with Gasteiger partial charge in [-0.25, -0.2) is 18.2 Å². The van der Waals surface area contributed by atoms with Gasteiger partial charge in [0.25, 0.3) is 10.0 Å². The quantitative estimate of drug-likeness (QED) is 0.902. The van der Waals surface area contributed by atoms with Crippen LogP contribution in [0.25, 0.3) is 0 Å². The van der Waals surface area contributed by atoms with Gasteiger partial charge in [-0.3, -0.25) is 4.72 Å². The van der Waals surface area contributed by atoms with Gasteiger partial charge in [0, 0.05) is 0 Å². The SMILES string of the molecule is Cc1cc(C)c(S(=O)(=O)Nc2cccc(C(=O)O)n2)c(C)c1. The standard InChI is InChI=1S/C15H16N2O4S/c1-9-7-10(2)14(11(3)8-9)22(20,21)17-13-6-4-5-12(16-13)15(18)19/h4-8H,1-3H3,(H,16,17)(H,18,19). The fourth-order valence-electron chi connectivity index (χ4n) is 2.39. The Morgan fingerprint density at radius 1 is 1.14 bits per heavy atom. The lowest BCUT2D eigenvalue weighted by molar-refractivity contribution is 0.0690. The van der Waals surface area contributed by atoms with E-state index in [9.17, 15) is 13.2 Å². The van der Waals surface area contributed by atoms with Crippen LogP contribution in [-0.2, 0) is 10.0 Å². The second-order valence-electron chi connectivity index (χ2n) is 5.05. The van der Waals surface area contributed by atoms with Crippen LogP contribution in [0.2, 0.25) is 0 Å². The molecule has 7 heteroatoms. The van der Waals surface area contributed by atoms with Gasteiger partial charge in [-0.2, -0.15) is 0 Å². The molecule has 116 valence electrons. The molecule has 6 nitrogen and oxygen atoms in total. The summed E-state index contributed by atoms with van der Waals surface area (Å²) in [6.45, 7) is 5.33. The van der Waals surface area contributed by atoms with Crippen molar-refractivity contribution in [2.24, 2.45) is 0 Å². The van der Waals surface area contributed by atoms with Crippen LogP contribution in [-0.4, -0.2) is 24.5 Å². The average molecular weight is 320 g/mol. The van der Waals surface area contributed by atoms with Gasteiger partial charge in [-0.1, -0.05) is 23.8 Å². The van der Waals surface area contributed by atoms with Crippen molar-refractivity contribution in [2.45, 2.75) is 25.7 Å². The van der Waals surface area contributed by atoms with Crippen LogP contribution in [0.4, 0.5) is 5.82 Å². The van der Waals surface area contributed by atoms with E-state index in [0.29, 0.717) is 11.1 Å². The van der Waals surface area contributed by atoms with E-state index in [2.05, 4.69) is 9.71 Å². The fraction of sp³-hybridized carbons (Fsp3) is 0.200. The van der Waals surface area contributed by atoms with Crippen LogP contribution in [0.1, 0.15) is 27.2 Å². The maximum absolute atomic E-state index is 12.5. The molecule has 22 heavy (non-hydrogen) atoms. The third kappa shape index (κ3) is 3.25. The zero-order valence-corrected chi connectivity index (χ0v) is 13.2. The first-order valence-corrected chi connectivity index (χ1v) is 8.00. The van der Waals surface area contributed by atoms with Gasteiger partial charge in [-0.15, -0.1) is 0 Å². The smallest absolute Gasteiger partial charge is 0.354 e. The minimum Gasteiger partial charge on any atom is -0.477 e. The lowest BCUT2D eigenvalue weighted by Gasteiger charge is -2.13. The second kappa shape index (κ2) is 5.76. The van der Waals surface area contributed by atoms with Crippen molar-refractivity contribution in [3.05, 3.63) is 52.7 Å². The summed E-state index contributed by atoms with van der Waals surface area (Å²) in [6, 6.07) is 7.69. The molecule has 2 aromatic rings. The van der Waals surface area contributed by atoms with E-state index in [4.69, 9.17) is 5.11 Å². The molecule has 0 radical (unpaired) electrons. The maximum atomic E-state index is 12.5. The Hall–Kier alpha value is -2.41. The zero-order chi connectivity index (χ0) is 16.5. The summed E-state index contributed by atoms with van der Waals surface area (Å²) in [4.78, 5) is 14.8. The third-order valence-electron chi connectivity index (χ3n) is 3.08. The van der Waals surface area contributed by atoms with Gasteiger partial charge >= 0.3 is 5.97 Å². The Morgan fingerprint density at radius 3 is 2.27 bits per heavy atom. The van der Waals surface area contributed by atoms with Crippen molar-refractivity contribution in [1.29, 1.82) is 0 Å². The van der Waals surface area contributed by atoms with Crippen LogP contribution < -0.4 is 4.72 Å². The first-order valence-electron chi connectivity index (χ1n) is 6.52. The first-order chi connectivity index (χ1) is 10.2. The highest BCUT2D eigenvalue weighted by Gasteiger charge is 2.21. The molecule has 1 aromatic carbocycles. The van der Waals surface area contributed by atoms with Crippen LogP contribution in [0.5, 0.6) is 0 Å². The average Bonchev–Trinajstić information content (AvgIpc) is 2.36. The predicted molar refractivity (Wildman–Crippen MR) is 82.7 cm³/mol. The molecular weight excluding hydrogens is 304 g/mol. The lowest BCUT2D eigenvalue weighted by atomic mass is 10.1. The van der Waals surface area contributed by atoms with E-state index in [1.165, 1.54) is 18.2 Å².